The lowest BCUT2D eigenvalue weighted by molar-refractivity contribution is 0.273. The molecule has 0 rings (SSSR count). The highest BCUT2D eigenvalue weighted by Gasteiger charge is 2.02. The Hall–Kier alpha value is -0.720. The van der Waals surface area contributed by atoms with E-state index < -0.39 is 0 Å². The summed E-state index contributed by atoms with van der Waals surface area (Å²) in [6.07, 6.45) is 9.42. The first-order valence-electron chi connectivity index (χ1n) is 7.95. The van der Waals surface area contributed by atoms with Crippen LogP contribution in [0.3, 0.4) is 0 Å². The monoisotopic (exact) mass is 266 g/mol. The van der Waals surface area contributed by atoms with Crippen LogP contribution in [0.5, 0.6) is 0 Å². The Balaban J connectivity index is 3.50. The predicted molar refractivity (Wildman–Crippen MR) is 86.0 cm³/mol. The van der Waals surface area contributed by atoms with Crippen molar-refractivity contribution in [2.75, 3.05) is 0 Å². The molecule has 112 valence electrons. The third-order valence-corrected chi connectivity index (χ3v) is 3.26. The van der Waals surface area contributed by atoms with E-state index >= 15 is 0 Å². The van der Waals surface area contributed by atoms with E-state index in [9.17, 15) is 0 Å². The average molecular weight is 266 g/mol. The van der Waals surface area contributed by atoms with Crippen molar-refractivity contribution in [2.24, 2.45) is 11.8 Å². The summed E-state index contributed by atoms with van der Waals surface area (Å²) in [5.41, 5.74) is 0. The quantitative estimate of drug-likeness (QED) is 0.291. The van der Waals surface area contributed by atoms with Crippen molar-refractivity contribution in [3.63, 3.8) is 0 Å². The van der Waals surface area contributed by atoms with Gasteiger partial charge in [-0.05, 0) is 24.7 Å². The molecule has 19 heavy (non-hydrogen) atoms. The van der Waals surface area contributed by atoms with Crippen molar-refractivity contribution in [3.05, 3.63) is 24.7 Å². The Morgan fingerprint density at radius 1 is 0.737 bits per heavy atom. The SMILES string of the molecule is C=C(CCCCC(C)C)OC(=C)CCCCC(C)C. The van der Waals surface area contributed by atoms with E-state index in [0.717, 1.165) is 36.2 Å². The molecule has 0 aliphatic rings. The number of ether oxygens (including phenoxy) is 1. The number of hydrogen-bond acceptors (Lipinski definition) is 1. The lowest BCUT2D eigenvalue weighted by Gasteiger charge is -2.12. The molecule has 0 fully saturated rings. The lowest BCUT2D eigenvalue weighted by Crippen LogP contribution is -1.94. The van der Waals surface area contributed by atoms with Gasteiger partial charge in [-0.25, -0.2) is 0 Å². The van der Waals surface area contributed by atoms with Crippen molar-refractivity contribution in [2.45, 2.75) is 79.1 Å². The molecule has 0 saturated heterocycles. The number of allylic oxidation sites excluding steroid dienone is 2. The van der Waals surface area contributed by atoms with Crippen LogP contribution < -0.4 is 0 Å². The number of hydrogen-bond donors (Lipinski definition) is 0. The van der Waals surface area contributed by atoms with Gasteiger partial charge in [0.15, 0.2) is 0 Å². The van der Waals surface area contributed by atoms with Crippen LogP contribution in [0.25, 0.3) is 0 Å². The van der Waals surface area contributed by atoms with E-state index in [0.29, 0.717) is 0 Å². The summed E-state index contributed by atoms with van der Waals surface area (Å²) in [6.45, 7) is 17.0. The van der Waals surface area contributed by atoms with Crippen molar-refractivity contribution in [1.82, 2.24) is 0 Å². The highest BCUT2D eigenvalue weighted by molar-refractivity contribution is 4.93. The maximum Gasteiger partial charge on any atom is 0.0964 e. The standard InChI is InChI=1S/C18H34O/c1-15(2)11-7-9-13-17(5)19-18(6)14-10-8-12-16(3)4/h15-16H,5-14H2,1-4H3. The molecule has 0 heterocycles. The summed E-state index contributed by atoms with van der Waals surface area (Å²) in [5, 5.41) is 0. The van der Waals surface area contributed by atoms with Crippen LogP contribution in [0.15, 0.2) is 24.7 Å². The van der Waals surface area contributed by atoms with E-state index in [1.165, 1.54) is 38.5 Å². The predicted octanol–water partition coefficient (Wildman–Crippen LogP) is 6.46. The lowest BCUT2D eigenvalue weighted by atomic mass is 10.0. The molecule has 1 nitrogen and oxygen atoms in total. The second-order valence-corrected chi connectivity index (χ2v) is 6.46. The highest BCUT2D eigenvalue weighted by Crippen LogP contribution is 2.18. The van der Waals surface area contributed by atoms with Gasteiger partial charge in [-0.15, -0.1) is 0 Å². The van der Waals surface area contributed by atoms with E-state index in [-0.39, 0.29) is 0 Å². The van der Waals surface area contributed by atoms with Crippen LogP contribution in [-0.4, -0.2) is 0 Å². The summed E-state index contributed by atoms with van der Waals surface area (Å²) < 4.78 is 5.68. The van der Waals surface area contributed by atoms with Gasteiger partial charge in [-0.2, -0.15) is 0 Å². The summed E-state index contributed by atoms with van der Waals surface area (Å²) >= 11 is 0. The van der Waals surface area contributed by atoms with Crippen LogP contribution in [0.4, 0.5) is 0 Å². The molecule has 0 N–H and O–H groups in total. The van der Waals surface area contributed by atoms with Gasteiger partial charge in [0.1, 0.15) is 0 Å². The molecule has 0 aliphatic carbocycles. The summed E-state index contributed by atoms with van der Waals surface area (Å²) in [4.78, 5) is 0. The van der Waals surface area contributed by atoms with Crippen LogP contribution in [0, 0.1) is 11.8 Å². The topological polar surface area (TPSA) is 9.23 Å². The molecule has 0 aromatic heterocycles. The fourth-order valence-corrected chi connectivity index (χ4v) is 2.06. The van der Waals surface area contributed by atoms with Gasteiger partial charge >= 0.3 is 0 Å². The van der Waals surface area contributed by atoms with Crippen LogP contribution in [0.2, 0.25) is 0 Å². The molecule has 0 aromatic rings. The maximum atomic E-state index is 5.68. The Kier molecular flexibility index (Phi) is 10.7. The van der Waals surface area contributed by atoms with Gasteiger partial charge in [-0.1, -0.05) is 66.5 Å². The molecule has 0 aliphatic heterocycles. The first-order valence-corrected chi connectivity index (χ1v) is 7.95. The smallest absolute Gasteiger partial charge is 0.0964 e. The third-order valence-electron chi connectivity index (χ3n) is 3.26. The summed E-state index contributed by atoms with van der Waals surface area (Å²) in [6, 6.07) is 0. The normalized spacial score (nSPS) is 11.1. The van der Waals surface area contributed by atoms with Crippen molar-refractivity contribution in [1.29, 1.82) is 0 Å². The zero-order valence-corrected chi connectivity index (χ0v) is 13.6. The minimum atomic E-state index is 0.796. The number of unbranched alkanes of at least 4 members (excludes halogenated alkanes) is 2. The van der Waals surface area contributed by atoms with E-state index in [2.05, 4.69) is 40.9 Å². The van der Waals surface area contributed by atoms with Crippen LogP contribution in [0.1, 0.15) is 79.1 Å². The minimum Gasteiger partial charge on any atom is -0.467 e. The number of rotatable bonds is 12. The van der Waals surface area contributed by atoms with E-state index in [1.807, 2.05) is 0 Å². The maximum absolute atomic E-state index is 5.68. The first-order chi connectivity index (χ1) is 8.91. The second kappa shape index (κ2) is 11.1. The Bertz CT molecular complexity index is 224. The summed E-state index contributed by atoms with van der Waals surface area (Å²) in [5.74, 6) is 3.37. The molecule has 1 heteroatoms. The molecular weight excluding hydrogens is 232 g/mol. The third kappa shape index (κ3) is 13.5. The molecule has 0 aromatic carbocycles. The van der Waals surface area contributed by atoms with Crippen molar-refractivity contribution in [3.8, 4) is 0 Å². The fraction of sp³-hybridized carbons (Fsp3) is 0.778. The van der Waals surface area contributed by atoms with Gasteiger partial charge in [0.2, 0.25) is 0 Å². The molecule has 0 spiro atoms. The fourth-order valence-electron chi connectivity index (χ4n) is 2.06. The molecule has 0 atom stereocenters. The minimum absolute atomic E-state index is 0.796. The summed E-state index contributed by atoms with van der Waals surface area (Å²) in [7, 11) is 0. The van der Waals surface area contributed by atoms with E-state index in [4.69, 9.17) is 4.74 Å². The molecule has 0 radical (unpaired) electrons. The van der Waals surface area contributed by atoms with Crippen LogP contribution in [-0.2, 0) is 4.74 Å². The second-order valence-electron chi connectivity index (χ2n) is 6.46. The molecule has 0 bridgehead atoms. The zero-order valence-electron chi connectivity index (χ0n) is 13.6. The van der Waals surface area contributed by atoms with Gasteiger partial charge in [0.25, 0.3) is 0 Å². The Morgan fingerprint density at radius 3 is 1.42 bits per heavy atom. The van der Waals surface area contributed by atoms with Crippen LogP contribution >= 0.6 is 0 Å². The van der Waals surface area contributed by atoms with Crippen molar-refractivity contribution < 1.29 is 4.74 Å². The Morgan fingerprint density at radius 2 is 1.11 bits per heavy atom. The van der Waals surface area contributed by atoms with Gasteiger partial charge < -0.3 is 4.74 Å². The van der Waals surface area contributed by atoms with Crippen molar-refractivity contribution >= 4 is 0 Å². The van der Waals surface area contributed by atoms with Gasteiger partial charge in [0.05, 0.1) is 11.5 Å². The van der Waals surface area contributed by atoms with Gasteiger partial charge in [-0.3, -0.25) is 0 Å². The van der Waals surface area contributed by atoms with Gasteiger partial charge in [0, 0.05) is 12.8 Å². The average Bonchev–Trinajstić information content (AvgIpc) is 2.30. The first kappa shape index (κ1) is 18.3. The Labute approximate surface area is 121 Å². The molecular formula is C18H34O. The zero-order chi connectivity index (χ0) is 14.7. The molecule has 0 amide bonds. The molecule has 0 saturated carbocycles. The van der Waals surface area contributed by atoms with E-state index in [1.54, 1.807) is 0 Å². The highest BCUT2D eigenvalue weighted by atomic mass is 16.5. The largest absolute Gasteiger partial charge is 0.467 e. The molecule has 0 unspecified atom stereocenters.